The molecule has 1 aliphatic rings. The van der Waals surface area contributed by atoms with E-state index in [0.29, 0.717) is 6.42 Å². The predicted octanol–water partition coefficient (Wildman–Crippen LogP) is 2.58. The van der Waals surface area contributed by atoms with E-state index in [2.05, 4.69) is 21.9 Å². The second-order valence-corrected chi connectivity index (χ2v) is 7.57. The summed E-state index contributed by atoms with van der Waals surface area (Å²) < 4.78 is 1.90. The van der Waals surface area contributed by atoms with Crippen molar-refractivity contribution < 1.29 is 4.79 Å². The number of carbonyl (C=O) groups is 1. The molecule has 1 fully saturated rings. The van der Waals surface area contributed by atoms with Crippen LogP contribution in [0, 0.1) is 13.8 Å². The molecule has 0 aliphatic carbocycles. The number of amides is 1. The van der Waals surface area contributed by atoms with Crippen molar-refractivity contribution in [1.29, 1.82) is 0 Å². The first-order chi connectivity index (χ1) is 13.5. The van der Waals surface area contributed by atoms with E-state index in [1.807, 2.05) is 47.8 Å². The van der Waals surface area contributed by atoms with Crippen LogP contribution in [0.2, 0.25) is 0 Å². The van der Waals surface area contributed by atoms with E-state index >= 15 is 0 Å². The van der Waals surface area contributed by atoms with Gasteiger partial charge in [-0.25, -0.2) is 4.98 Å². The Bertz CT molecular complexity index is 955. The number of aryl methyl sites for hydroxylation is 2. The van der Waals surface area contributed by atoms with Crippen LogP contribution in [0.15, 0.2) is 24.3 Å². The molecule has 0 radical (unpaired) electrons. The van der Waals surface area contributed by atoms with Gasteiger partial charge in [0.25, 0.3) is 0 Å². The number of fused-ring (bicyclic) bond motifs is 1. The molecular formula is C21H28N6O. The van der Waals surface area contributed by atoms with E-state index in [1.54, 1.807) is 0 Å². The van der Waals surface area contributed by atoms with Gasteiger partial charge in [0.2, 0.25) is 11.9 Å². The number of hydrogen-bond donors (Lipinski definition) is 1. The van der Waals surface area contributed by atoms with Gasteiger partial charge in [-0.2, -0.15) is 5.10 Å². The number of para-hydroxylation sites is 2. The average Bonchev–Trinajstić information content (AvgIpc) is 3.09. The summed E-state index contributed by atoms with van der Waals surface area (Å²) in [5.74, 6) is 1.13. The highest BCUT2D eigenvalue weighted by Crippen LogP contribution is 2.19. The number of rotatable bonds is 4. The van der Waals surface area contributed by atoms with Crippen molar-refractivity contribution in [2.24, 2.45) is 7.05 Å². The molecule has 3 aromatic rings. The lowest BCUT2D eigenvalue weighted by Gasteiger charge is -2.22. The van der Waals surface area contributed by atoms with Gasteiger partial charge in [-0.1, -0.05) is 12.1 Å². The van der Waals surface area contributed by atoms with Crippen molar-refractivity contribution in [1.82, 2.24) is 24.6 Å². The Morgan fingerprint density at radius 3 is 2.71 bits per heavy atom. The van der Waals surface area contributed by atoms with E-state index in [4.69, 9.17) is 4.98 Å². The van der Waals surface area contributed by atoms with Crippen LogP contribution < -0.4 is 4.90 Å². The topological polar surface area (TPSA) is 70.1 Å². The molecule has 7 nitrogen and oxygen atoms in total. The molecule has 0 spiro atoms. The molecule has 0 unspecified atom stereocenters. The Balaban J connectivity index is 1.37. The summed E-state index contributed by atoms with van der Waals surface area (Å²) in [5, 5.41) is 4.45. The second-order valence-electron chi connectivity index (χ2n) is 7.57. The number of imidazole rings is 1. The van der Waals surface area contributed by atoms with Crippen molar-refractivity contribution in [3.63, 3.8) is 0 Å². The number of anilines is 1. The number of H-pyrrole nitrogens is 1. The van der Waals surface area contributed by atoms with Gasteiger partial charge in [-0.15, -0.1) is 0 Å². The quantitative estimate of drug-likeness (QED) is 0.755. The summed E-state index contributed by atoms with van der Waals surface area (Å²) in [6.45, 7) is 7.34. The lowest BCUT2D eigenvalue weighted by atomic mass is 10.1. The SMILES string of the molecule is Cc1nn(C)c(C)c1CCC(=O)N1CCCN(c2nc3ccccc3[nH]2)CC1. The van der Waals surface area contributed by atoms with Crippen LogP contribution >= 0.6 is 0 Å². The van der Waals surface area contributed by atoms with Crippen LogP contribution in [0.1, 0.15) is 29.8 Å². The van der Waals surface area contributed by atoms with Gasteiger partial charge < -0.3 is 14.8 Å². The van der Waals surface area contributed by atoms with Gasteiger partial charge in [-0.05, 0) is 44.4 Å². The number of carbonyl (C=O) groups excluding carboxylic acids is 1. The standard InChI is InChI=1S/C21H28N6O/c1-15-17(16(2)25(3)24-15)9-10-20(28)26-11-6-12-27(14-13-26)21-22-18-7-4-5-8-19(18)23-21/h4-5,7-8H,6,9-14H2,1-3H3,(H,22,23). The molecular weight excluding hydrogens is 352 g/mol. The zero-order valence-corrected chi connectivity index (χ0v) is 16.9. The van der Waals surface area contributed by atoms with Gasteiger partial charge in [0.1, 0.15) is 0 Å². The molecule has 1 N–H and O–H groups in total. The first-order valence-corrected chi connectivity index (χ1v) is 9.99. The maximum absolute atomic E-state index is 12.8. The highest BCUT2D eigenvalue weighted by molar-refractivity contribution is 5.78. The Labute approximate surface area is 165 Å². The fraction of sp³-hybridized carbons (Fsp3) is 0.476. The fourth-order valence-corrected chi connectivity index (χ4v) is 4.04. The number of nitrogens with one attached hydrogen (secondary N) is 1. The Morgan fingerprint density at radius 2 is 1.96 bits per heavy atom. The molecule has 2 aromatic heterocycles. The van der Waals surface area contributed by atoms with Crippen LogP contribution in [-0.4, -0.2) is 56.7 Å². The fourth-order valence-electron chi connectivity index (χ4n) is 4.04. The predicted molar refractivity (Wildman–Crippen MR) is 111 cm³/mol. The minimum absolute atomic E-state index is 0.231. The maximum Gasteiger partial charge on any atom is 0.222 e. The van der Waals surface area contributed by atoms with Crippen LogP contribution in [-0.2, 0) is 18.3 Å². The van der Waals surface area contributed by atoms with E-state index in [0.717, 1.165) is 67.4 Å². The molecule has 1 saturated heterocycles. The highest BCUT2D eigenvalue weighted by Gasteiger charge is 2.21. The molecule has 0 saturated carbocycles. The molecule has 3 heterocycles. The monoisotopic (exact) mass is 380 g/mol. The molecule has 0 atom stereocenters. The van der Waals surface area contributed by atoms with Crippen molar-refractivity contribution in [3.05, 3.63) is 41.2 Å². The number of aromatic nitrogens is 4. The average molecular weight is 380 g/mol. The van der Waals surface area contributed by atoms with Gasteiger partial charge in [0.15, 0.2) is 0 Å². The van der Waals surface area contributed by atoms with Crippen LogP contribution in [0.4, 0.5) is 5.95 Å². The summed E-state index contributed by atoms with van der Waals surface area (Å²) in [7, 11) is 1.95. The van der Waals surface area contributed by atoms with Crippen molar-refractivity contribution >= 4 is 22.9 Å². The zero-order chi connectivity index (χ0) is 19.7. The first kappa shape index (κ1) is 18.5. The molecule has 4 rings (SSSR count). The minimum atomic E-state index is 0.231. The van der Waals surface area contributed by atoms with Gasteiger partial charge in [-0.3, -0.25) is 9.48 Å². The molecule has 28 heavy (non-hydrogen) atoms. The minimum Gasteiger partial charge on any atom is -0.341 e. The third-order valence-electron chi connectivity index (χ3n) is 5.77. The van der Waals surface area contributed by atoms with E-state index in [1.165, 1.54) is 5.56 Å². The Morgan fingerprint density at radius 1 is 1.14 bits per heavy atom. The summed E-state index contributed by atoms with van der Waals surface area (Å²) in [6.07, 6.45) is 2.25. The summed E-state index contributed by atoms with van der Waals surface area (Å²) in [5.41, 5.74) is 5.42. The molecule has 1 amide bonds. The summed E-state index contributed by atoms with van der Waals surface area (Å²) in [6, 6.07) is 8.08. The smallest absolute Gasteiger partial charge is 0.222 e. The number of benzene rings is 1. The zero-order valence-electron chi connectivity index (χ0n) is 16.9. The highest BCUT2D eigenvalue weighted by atomic mass is 16.2. The number of hydrogen-bond acceptors (Lipinski definition) is 4. The normalized spacial score (nSPS) is 15.2. The lowest BCUT2D eigenvalue weighted by molar-refractivity contribution is -0.130. The summed E-state index contributed by atoms with van der Waals surface area (Å²) in [4.78, 5) is 25.2. The van der Waals surface area contributed by atoms with Crippen LogP contribution in [0.25, 0.3) is 11.0 Å². The van der Waals surface area contributed by atoms with Crippen molar-refractivity contribution in [2.75, 3.05) is 31.1 Å². The number of nitrogens with zero attached hydrogens (tertiary/aromatic N) is 5. The maximum atomic E-state index is 12.8. The molecule has 0 bridgehead atoms. The Hall–Kier alpha value is -2.83. The van der Waals surface area contributed by atoms with Crippen LogP contribution in [0.3, 0.4) is 0 Å². The second kappa shape index (κ2) is 7.66. The summed E-state index contributed by atoms with van der Waals surface area (Å²) >= 11 is 0. The lowest BCUT2D eigenvalue weighted by Crippen LogP contribution is -2.35. The van der Waals surface area contributed by atoms with E-state index in [-0.39, 0.29) is 5.91 Å². The van der Waals surface area contributed by atoms with Gasteiger partial charge >= 0.3 is 0 Å². The van der Waals surface area contributed by atoms with Crippen molar-refractivity contribution in [2.45, 2.75) is 33.1 Å². The molecule has 148 valence electrons. The largest absolute Gasteiger partial charge is 0.341 e. The van der Waals surface area contributed by atoms with E-state index < -0.39 is 0 Å². The third-order valence-corrected chi connectivity index (χ3v) is 5.77. The molecule has 7 heteroatoms. The van der Waals surface area contributed by atoms with Gasteiger partial charge in [0.05, 0.1) is 16.7 Å². The molecule has 1 aromatic carbocycles. The van der Waals surface area contributed by atoms with E-state index in [9.17, 15) is 4.79 Å². The van der Waals surface area contributed by atoms with Crippen molar-refractivity contribution in [3.8, 4) is 0 Å². The Kier molecular flexibility index (Phi) is 5.07. The van der Waals surface area contributed by atoms with Gasteiger partial charge in [0, 0.05) is 45.3 Å². The third kappa shape index (κ3) is 3.61. The van der Waals surface area contributed by atoms with Crippen LogP contribution in [0.5, 0.6) is 0 Å². The first-order valence-electron chi connectivity index (χ1n) is 9.99. The molecule has 1 aliphatic heterocycles. The number of aromatic amines is 1.